The molecule has 0 aromatic rings. The standard InChI is InChI=1S/C41H80O11/c1-7-8-9-10-11-12-13-14-15-16-17-21-24-37(50-33-45-4)39-28-29-40(52-39)38(51-34-46-5)27-25-35(48-31-43-2)22-19-18-20-23-36(49-32-44-3)26-30-41(42)47-6/h35-40H,7-34H2,1-6H3/t35-,36-,37+,38-,39-,40-/m1/s1. The van der Waals surface area contributed by atoms with Gasteiger partial charge in [0.1, 0.15) is 27.2 Å². The van der Waals surface area contributed by atoms with Crippen LogP contribution in [0.4, 0.5) is 0 Å². The molecule has 1 fully saturated rings. The van der Waals surface area contributed by atoms with Crippen molar-refractivity contribution in [1.29, 1.82) is 0 Å². The molecule has 0 bridgehead atoms. The Kier molecular flexibility index (Phi) is 33.8. The predicted octanol–water partition coefficient (Wildman–Crippen LogP) is 9.27. The van der Waals surface area contributed by atoms with Gasteiger partial charge in [-0.3, -0.25) is 4.79 Å². The Bertz CT molecular complexity index is 773. The second kappa shape index (κ2) is 35.8. The van der Waals surface area contributed by atoms with E-state index in [2.05, 4.69) is 6.92 Å². The summed E-state index contributed by atoms with van der Waals surface area (Å²) in [5, 5.41) is 0. The monoisotopic (exact) mass is 749 g/mol. The van der Waals surface area contributed by atoms with E-state index in [1.54, 1.807) is 28.4 Å². The number of rotatable bonds is 39. The van der Waals surface area contributed by atoms with Crippen molar-refractivity contribution in [2.45, 2.75) is 198 Å². The Hall–Kier alpha value is -0.890. The number of carbonyl (C=O) groups excluding carboxylic acids is 1. The minimum atomic E-state index is -0.218. The molecule has 0 aliphatic carbocycles. The van der Waals surface area contributed by atoms with E-state index in [0.29, 0.717) is 12.8 Å². The number of unbranched alkanes of at least 4 members (excludes halogenated alkanes) is 13. The highest BCUT2D eigenvalue weighted by atomic mass is 16.7. The molecule has 11 heteroatoms. The highest BCUT2D eigenvalue weighted by Gasteiger charge is 2.37. The van der Waals surface area contributed by atoms with Gasteiger partial charge >= 0.3 is 5.97 Å². The molecule has 0 amide bonds. The normalized spacial score (nSPS) is 18.4. The van der Waals surface area contributed by atoms with Gasteiger partial charge in [0, 0.05) is 34.9 Å². The molecule has 0 unspecified atom stereocenters. The van der Waals surface area contributed by atoms with Crippen molar-refractivity contribution in [3.8, 4) is 0 Å². The molecular weight excluding hydrogens is 668 g/mol. The van der Waals surface area contributed by atoms with E-state index in [9.17, 15) is 4.79 Å². The highest BCUT2D eigenvalue weighted by Crippen LogP contribution is 2.31. The largest absolute Gasteiger partial charge is 0.469 e. The maximum absolute atomic E-state index is 11.6. The van der Waals surface area contributed by atoms with E-state index < -0.39 is 0 Å². The van der Waals surface area contributed by atoms with Crippen molar-refractivity contribution in [3.63, 3.8) is 0 Å². The third kappa shape index (κ3) is 26.0. The number of hydrogen-bond donors (Lipinski definition) is 0. The molecule has 0 N–H and O–H groups in total. The van der Waals surface area contributed by atoms with Crippen LogP contribution in [0.1, 0.15) is 161 Å². The number of hydrogen-bond acceptors (Lipinski definition) is 11. The fourth-order valence-corrected chi connectivity index (χ4v) is 7.09. The number of methoxy groups -OCH3 is 5. The first-order valence-electron chi connectivity index (χ1n) is 20.7. The zero-order chi connectivity index (χ0) is 37.9. The van der Waals surface area contributed by atoms with E-state index in [0.717, 1.165) is 70.6 Å². The van der Waals surface area contributed by atoms with Gasteiger partial charge in [-0.05, 0) is 51.4 Å². The Balaban J connectivity index is 2.54. The summed E-state index contributed by atoms with van der Waals surface area (Å²) in [5.74, 6) is -0.218. The first-order chi connectivity index (χ1) is 25.5. The maximum Gasteiger partial charge on any atom is 0.305 e. The topological polar surface area (TPSA) is 109 Å². The van der Waals surface area contributed by atoms with Crippen LogP contribution in [0.2, 0.25) is 0 Å². The molecule has 310 valence electrons. The van der Waals surface area contributed by atoms with E-state index >= 15 is 0 Å². The lowest BCUT2D eigenvalue weighted by molar-refractivity contribution is -0.161. The molecule has 0 radical (unpaired) electrons. The fourth-order valence-electron chi connectivity index (χ4n) is 7.09. The van der Waals surface area contributed by atoms with Gasteiger partial charge in [-0.25, -0.2) is 0 Å². The highest BCUT2D eigenvalue weighted by molar-refractivity contribution is 5.69. The molecule has 1 rings (SSSR count). The van der Waals surface area contributed by atoms with Crippen LogP contribution in [0.3, 0.4) is 0 Å². The third-order valence-electron chi connectivity index (χ3n) is 10.1. The Morgan fingerprint density at radius 2 is 0.904 bits per heavy atom. The van der Waals surface area contributed by atoms with Crippen LogP contribution in [-0.4, -0.2) is 105 Å². The molecule has 0 spiro atoms. The lowest BCUT2D eigenvalue weighted by Crippen LogP contribution is -2.35. The maximum atomic E-state index is 11.6. The van der Waals surface area contributed by atoms with Crippen LogP contribution >= 0.6 is 0 Å². The van der Waals surface area contributed by atoms with E-state index in [1.165, 1.54) is 77.7 Å². The van der Waals surface area contributed by atoms with Gasteiger partial charge in [0.05, 0.1) is 43.7 Å². The molecule has 1 aliphatic heterocycles. The molecule has 52 heavy (non-hydrogen) atoms. The average molecular weight is 749 g/mol. The van der Waals surface area contributed by atoms with Crippen LogP contribution in [0, 0.1) is 0 Å². The quantitative estimate of drug-likeness (QED) is 0.0341. The second-order valence-corrected chi connectivity index (χ2v) is 14.4. The summed E-state index contributed by atoms with van der Waals surface area (Å²) in [6.45, 7) is 3.26. The van der Waals surface area contributed by atoms with Crippen molar-refractivity contribution in [2.75, 3.05) is 62.7 Å². The molecule has 1 heterocycles. The Labute approximate surface area is 318 Å². The van der Waals surface area contributed by atoms with Crippen molar-refractivity contribution in [3.05, 3.63) is 0 Å². The molecule has 0 aromatic heterocycles. The third-order valence-corrected chi connectivity index (χ3v) is 10.1. The lowest BCUT2D eigenvalue weighted by atomic mass is 9.98. The zero-order valence-corrected chi connectivity index (χ0v) is 34.3. The fraction of sp³-hybridized carbons (Fsp3) is 0.976. The summed E-state index contributed by atoms with van der Waals surface area (Å²) < 4.78 is 56.7. The van der Waals surface area contributed by atoms with Crippen molar-refractivity contribution < 1.29 is 52.2 Å². The number of ether oxygens (including phenoxy) is 10. The summed E-state index contributed by atoms with van der Waals surface area (Å²) in [6.07, 6.45) is 26.3. The average Bonchev–Trinajstić information content (AvgIpc) is 3.65. The van der Waals surface area contributed by atoms with Crippen LogP contribution in [0.15, 0.2) is 0 Å². The lowest BCUT2D eigenvalue weighted by Gasteiger charge is -2.28. The van der Waals surface area contributed by atoms with Gasteiger partial charge in [-0.1, -0.05) is 103 Å². The van der Waals surface area contributed by atoms with Gasteiger partial charge in [-0.15, -0.1) is 0 Å². The summed E-state index contributed by atoms with van der Waals surface area (Å²) in [4.78, 5) is 11.6. The van der Waals surface area contributed by atoms with Gasteiger partial charge in [0.15, 0.2) is 0 Å². The van der Waals surface area contributed by atoms with E-state index in [4.69, 9.17) is 47.4 Å². The second-order valence-electron chi connectivity index (χ2n) is 14.4. The molecule has 0 aromatic carbocycles. The van der Waals surface area contributed by atoms with E-state index in [-0.39, 0.29) is 69.8 Å². The van der Waals surface area contributed by atoms with Crippen molar-refractivity contribution in [1.82, 2.24) is 0 Å². The van der Waals surface area contributed by atoms with Crippen LogP contribution in [0.5, 0.6) is 0 Å². The first kappa shape index (κ1) is 49.1. The Morgan fingerprint density at radius 1 is 0.500 bits per heavy atom. The molecule has 0 saturated carbocycles. The Morgan fingerprint density at radius 3 is 1.38 bits per heavy atom. The minimum Gasteiger partial charge on any atom is -0.469 e. The first-order valence-corrected chi connectivity index (χ1v) is 20.7. The van der Waals surface area contributed by atoms with Crippen LogP contribution < -0.4 is 0 Å². The van der Waals surface area contributed by atoms with Gasteiger partial charge in [-0.2, -0.15) is 0 Å². The summed E-state index contributed by atoms with van der Waals surface area (Å²) >= 11 is 0. The summed E-state index contributed by atoms with van der Waals surface area (Å²) in [6, 6.07) is 0. The molecular formula is C41H80O11. The number of esters is 1. The van der Waals surface area contributed by atoms with E-state index in [1.807, 2.05) is 0 Å². The van der Waals surface area contributed by atoms with Crippen molar-refractivity contribution in [2.24, 2.45) is 0 Å². The SMILES string of the molecule is CCCCCCCCCCCCCC[C@H](OCOC)[C@H]1CC[C@H]([C@@H](CC[C@@H](CCCCC[C@H](CCC(=O)OC)OCOC)OCOC)OCOC)O1. The van der Waals surface area contributed by atoms with Gasteiger partial charge in [0.25, 0.3) is 0 Å². The smallest absolute Gasteiger partial charge is 0.305 e. The minimum absolute atomic E-state index is 0.0205. The van der Waals surface area contributed by atoms with Crippen LogP contribution in [0.25, 0.3) is 0 Å². The number of carbonyl (C=O) groups is 1. The van der Waals surface area contributed by atoms with Crippen LogP contribution in [-0.2, 0) is 52.2 Å². The molecule has 11 nitrogen and oxygen atoms in total. The zero-order valence-electron chi connectivity index (χ0n) is 34.3. The van der Waals surface area contributed by atoms with Gasteiger partial charge < -0.3 is 47.4 Å². The van der Waals surface area contributed by atoms with Gasteiger partial charge in [0.2, 0.25) is 0 Å². The summed E-state index contributed by atoms with van der Waals surface area (Å²) in [5.41, 5.74) is 0. The summed E-state index contributed by atoms with van der Waals surface area (Å²) in [7, 11) is 8.01. The molecule has 6 atom stereocenters. The molecule has 1 saturated heterocycles. The molecule has 1 aliphatic rings. The predicted molar refractivity (Wildman–Crippen MR) is 204 cm³/mol. The van der Waals surface area contributed by atoms with Crippen molar-refractivity contribution >= 4 is 5.97 Å².